The van der Waals surface area contributed by atoms with Crippen LogP contribution in [0.1, 0.15) is 12.5 Å². The van der Waals surface area contributed by atoms with Gasteiger partial charge in [-0.15, -0.1) is 0 Å². The molecular formula is C20H25ClN3O+. The van der Waals surface area contributed by atoms with Gasteiger partial charge in [-0.25, -0.2) is 0 Å². The van der Waals surface area contributed by atoms with Crippen LogP contribution in [0.3, 0.4) is 0 Å². The van der Waals surface area contributed by atoms with Crippen molar-refractivity contribution in [2.75, 3.05) is 31.1 Å². The monoisotopic (exact) mass is 358 g/mol. The fraction of sp³-hybridized carbons (Fsp3) is 0.350. The molecule has 0 aliphatic carbocycles. The summed E-state index contributed by atoms with van der Waals surface area (Å²) in [6.45, 7) is 6.38. The van der Waals surface area contributed by atoms with E-state index < -0.39 is 0 Å². The summed E-state index contributed by atoms with van der Waals surface area (Å²) in [7, 11) is 0. The number of hydrogen-bond acceptors (Lipinski definition) is 2. The second-order valence-corrected chi connectivity index (χ2v) is 6.99. The zero-order valence-electron chi connectivity index (χ0n) is 14.5. The molecule has 3 rings (SSSR count). The highest BCUT2D eigenvalue weighted by Gasteiger charge is 2.29. The molecule has 1 fully saturated rings. The second-order valence-electron chi connectivity index (χ2n) is 6.55. The lowest BCUT2D eigenvalue weighted by atomic mass is 10.2. The van der Waals surface area contributed by atoms with Crippen LogP contribution in [0, 0.1) is 0 Å². The topological polar surface area (TPSA) is 36.8 Å². The minimum atomic E-state index is -0.0368. The van der Waals surface area contributed by atoms with E-state index in [-0.39, 0.29) is 11.9 Å². The Morgan fingerprint density at radius 1 is 1.16 bits per heavy atom. The molecule has 1 aliphatic heterocycles. The molecule has 0 saturated carbocycles. The summed E-state index contributed by atoms with van der Waals surface area (Å²) >= 11 is 6.09. The van der Waals surface area contributed by atoms with E-state index >= 15 is 0 Å². The Bertz CT molecular complexity index is 699. The highest BCUT2D eigenvalue weighted by atomic mass is 35.5. The number of nitrogens with zero attached hydrogens (tertiary/aromatic N) is 1. The average molecular weight is 359 g/mol. The Kier molecular flexibility index (Phi) is 5.95. The fourth-order valence-electron chi connectivity index (χ4n) is 3.28. The minimum Gasteiger partial charge on any atom is -0.360 e. The molecule has 0 bridgehead atoms. The molecule has 5 heteroatoms. The zero-order valence-corrected chi connectivity index (χ0v) is 15.3. The van der Waals surface area contributed by atoms with Crippen LogP contribution in [0.25, 0.3) is 0 Å². The van der Waals surface area contributed by atoms with Crippen LogP contribution in [0.2, 0.25) is 5.02 Å². The molecule has 2 aromatic rings. The Hall–Kier alpha value is -2.04. The van der Waals surface area contributed by atoms with Gasteiger partial charge in [0.15, 0.2) is 6.04 Å². The molecule has 1 amide bonds. The summed E-state index contributed by atoms with van der Waals surface area (Å²) < 4.78 is 0. The predicted octanol–water partition coefficient (Wildman–Crippen LogP) is 1.75. The molecule has 1 atom stereocenters. The number of rotatable bonds is 5. The van der Waals surface area contributed by atoms with Gasteiger partial charge in [0.25, 0.3) is 5.91 Å². The van der Waals surface area contributed by atoms with Crippen molar-refractivity contribution in [3.05, 3.63) is 65.2 Å². The fourth-order valence-corrected chi connectivity index (χ4v) is 3.47. The number of nitrogens with one attached hydrogen (secondary N) is 2. The Morgan fingerprint density at radius 2 is 1.88 bits per heavy atom. The van der Waals surface area contributed by atoms with Crippen LogP contribution in [-0.4, -0.2) is 38.1 Å². The average Bonchev–Trinajstić information content (AvgIpc) is 2.66. The summed E-state index contributed by atoms with van der Waals surface area (Å²) in [5.74, 6) is 0.120. The zero-order chi connectivity index (χ0) is 17.6. The largest absolute Gasteiger partial charge is 0.360 e. The normalized spacial score (nSPS) is 16.5. The van der Waals surface area contributed by atoms with Gasteiger partial charge in [-0.3, -0.25) is 4.79 Å². The van der Waals surface area contributed by atoms with Crippen LogP contribution < -0.4 is 15.1 Å². The van der Waals surface area contributed by atoms with Gasteiger partial charge >= 0.3 is 0 Å². The van der Waals surface area contributed by atoms with Crippen LogP contribution in [0.5, 0.6) is 0 Å². The third kappa shape index (κ3) is 4.74. The molecular weight excluding hydrogens is 334 g/mol. The van der Waals surface area contributed by atoms with E-state index in [0.29, 0.717) is 6.54 Å². The first-order chi connectivity index (χ1) is 12.1. The van der Waals surface area contributed by atoms with Gasteiger partial charge in [0.05, 0.1) is 26.2 Å². The van der Waals surface area contributed by atoms with Crippen LogP contribution in [0.15, 0.2) is 54.6 Å². The number of halogens is 1. The number of benzene rings is 2. The smallest absolute Gasteiger partial charge is 0.278 e. The third-order valence-electron chi connectivity index (χ3n) is 4.89. The van der Waals surface area contributed by atoms with Crippen LogP contribution in [0.4, 0.5) is 5.69 Å². The number of quaternary nitrogens is 1. The quantitative estimate of drug-likeness (QED) is 0.854. The lowest BCUT2D eigenvalue weighted by molar-refractivity contribution is -0.914. The van der Waals surface area contributed by atoms with Crippen molar-refractivity contribution in [3.8, 4) is 0 Å². The maximum atomic E-state index is 12.4. The predicted molar refractivity (Wildman–Crippen MR) is 102 cm³/mol. The molecule has 1 aliphatic rings. The Labute approximate surface area is 154 Å². The molecule has 1 saturated heterocycles. The maximum Gasteiger partial charge on any atom is 0.278 e. The number of carbonyl (C=O) groups excluding carboxylic acids is 1. The van der Waals surface area contributed by atoms with E-state index in [1.54, 1.807) is 0 Å². The highest BCUT2D eigenvalue weighted by Crippen LogP contribution is 2.19. The van der Waals surface area contributed by atoms with E-state index in [2.05, 4.69) is 16.3 Å². The van der Waals surface area contributed by atoms with Crippen molar-refractivity contribution in [1.29, 1.82) is 0 Å². The SMILES string of the molecule is C[C@@H](C(=O)NCc1ccccc1)[NH+]1CCN(c2cccc(Cl)c2)CC1. The van der Waals surface area contributed by atoms with Gasteiger partial charge in [-0.2, -0.15) is 0 Å². The minimum absolute atomic E-state index is 0.0368. The first kappa shape index (κ1) is 17.8. The molecule has 2 aromatic carbocycles. The van der Waals surface area contributed by atoms with Gasteiger partial charge in [0.2, 0.25) is 0 Å². The van der Waals surface area contributed by atoms with Crippen molar-refractivity contribution < 1.29 is 9.69 Å². The van der Waals surface area contributed by atoms with Crippen molar-refractivity contribution >= 4 is 23.2 Å². The van der Waals surface area contributed by atoms with E-state index in [4.69, 9.17) is 11.6 Å². The molecule has 25 heavy (non-hydrogen) atoms. The van der Waals surface area contributed by atoms with Crippen LogP contribution in [-0.2, 0) is 11.3 Å². The second kappa shape index (κ2) is 8.37. The molecule has 132 valence electrons. The lowest BCUT2D eigenvalue weighted by Gasteiger charge is -2.36. The van der Waals surface area contributed by atoms with Gasteiger partial charge in [0, 0.05) is 17.3 Å². The summed E-state index contributed by atoms with van der Waals surface area (Å²) in [5, 5.41) is 3.82. The summed E-state index contributed by atoms with van der Waals surface area (Å²) in [6, 6.07) is 18.0. The third-order valence-corrected chi connectivity index (χ3v) is 5.13. The van der Waals surface area contributed by atoms with E-state index in [1.165, 1.54) is 4.90 Å². The number of anilines is 1. The molecule has 4 nitrogen and oxygen atoms in total. The molecule has 0 spiro atoms. The summed E-state index contributed by atoms with van der Waals surface area (Å²) in [6.07, 6.45) is 0. The highest BCUT2D eigenvalue weighted by molar-refractivity contribution is 6.30. The number of amides is 1. The maximum absolute atomic E-state index is 12.4. The number of carbonyl (C=O) groups is 1. The van der Waals surface area contributed by atoms with E-state index in [0.717, 1.165) is 42.5 Å². The van der Waals surface area contributed by atoms with Crippen molar-refractivity contribution in [3.63, 3.8) is 0 Å². The van der Waals surface area contributed by atoms with Crippen molar-refractivity contribution in [2.45, 2.75) is 19.5 Å². The summed E-state index contributed by atoms with van der Waals surface area (Å²) in [4.78, 5) is 16.1. The molecule has 2 N–H and O–H groups in total. The van der Waals surface area contributed by atoms with Gasteiger partial charge < -0.3 is 15.1 Å². The van der Waals surface area contributed by atoms with Gasteiger partial charge in [-0.05, 0) is 30.7 Å². The van der Waals surface area contributed by atoms with Crippen molar-refractivity contribution in [2.24, 2.45) is 0 Å². The first-order valence-corrected chi connectivity index (χ1v) is 9.18. The Balaban J connectivity index is 1.49. The summed E-state index contributed by atoms with van der Waals surface area (Å²) in [5.41, 5.74) is 2.29. The molecule has 0 aromatic heterocycles. The van der Waals surface area contributed by atoms with E-state index in [1.807, 2.05) is 55.5 Å². The lowest BCUT2D eigenvalue weighted by Crippen LogP contribution is -3.19. The number of piperazine rings is 1. The standard InChI is InChI=1S/C20H24ClN3O/c1-16(20(25)22-15-17-6-3-2-4-7-17)23-10-12-24(13-11-23)19-9-5-8-18(21)14-19/h2-9,14,16H,10-13,15H2,1H3,(H,22,25)/p+1/t16-/m0/s1. The van der Waals surface area contributed by atoms with Gasteiger partial charge in [0.1, 0.15) is 0 Å². The Morgan fingerprint density at radius 3 is 2.56 bits per heavy atom. The van der Waals surface area contributed by atoms with Crippen LogP contribution >= 0.6 is 11.6 Å². The van der Waals surface area contributed by atoms with Gasteiger partial charge in [-0.1, -0.05) is 48.0 Å². The van der Waals surface area contributed by atoms with Crippen molar-refractivity contribution in [1.82, 2.24) is 5.32 Å². The number of hydrogen-bond donors (Lipinski definition) is 2. The first-order valence-electron chi connectivity index (χ1n) is 8.80. The molecule has 1 heterocycles. The molecule has 0 radical (unpaired) electrons. The molecule has 0 unspecified atom stereocenters. The van der Waals surface area contributed by atoms with E-state index in [9.17, 15) is 4.79 Å².